The largest absolute Gasteiger partial charge is 0.373 e. The van der Waals surface area contributed by atoms with E-state index >= 15 is 0 Å². The van der Waals surface area contributed by atoms with Gasteiger partial charge in [-0.15, -0.1) is 11.8 Å². The van der Waals surface area contributed by atoms with Crippen LogP contribution >= 0.6 is 11.8 Å². The van der Waals surface area contributed by atoms with Crippen molar-refractivity contribution >= 4 is 33.6 Å². The second-order valence-corrected chi connectivity index (χ2v) is 10.5. The molecule has 1 atom stereocenters. The van der Waals surface area contributed by atoms with Gasteiger partial charge in [-0.25, -0.2) is 8.42 Å². The Labute approximate surface area is 195 Å². The van der Waals surface area contributed by atoms with E-state index in [1.165, 1.54) is 36.4 Å². The van der Waals surface area contributed by atoms with Crippen LogP contribution < -0.4 is 9.62 Å². The lowest BCUT2D eigenvalue weighted by Gasteiger charge is -2.22. The lowest BCUT2D eigenvalue weighted by atomic mass is 9.96. The maximum atomic E-state index is 13.4. The number of carbonyl (C=O) groups excluding carboxylic acids is 2. The van der Waals surface area contributed by atoms with Gasteiger partial charge in [0, 0.05) is 11.9 Å². The lowest BCUT2D eigenvalue weighted by Crippen LogP contribution is -2.26. The van der Waals surface area contributed by atoms with Crippen LogP contribution in [0.4, 0.5) is 5.69 Å². The second-order valence-electron chi connectivity index (χ2n) is 7.67. The maximum absolute atomic E-state index is 13.4. The predicted octanol–water partition coefficient (Wildman–Crippen LogP) is 5.00. The van der Waals surface area contributed by atoms with E-state index in [9.17, 15) is 8.42 Å². The Morgan fingerprint density at radius 2 is 1.66 bits per heavy atom. The summed E-state index contributed by atoms with van der Waals surface area (Å²) in [6.45, 7) is 3.11. The first-order valence-electron chi connectivity index (χ1n) is 10.9. The smallest absolute Gasteiger partial charge is 0.306 e. The van der Waals surface area contributed by atoms with Gasteiger partial charge in [-0.1, -0.05) is 63.3 Å². The van der Waals surface area contributed by atoms with Crippen LogP contribution in [0.5, 0.6) is 0 Å². The number of unbranched alkanes of at least 4 members (excludes halogenated alkanes) is 5. The van der Waals surface area contributed by atoms with Gasteiger partial charge in [0.1, 0.15) is 0 Å². The lowest BCUT2D eigenvalue weighted by molar-refractivity contribution is -0.191. The topological polar surface area (TPSA) is 83.6 Å². The number of hydrogen-bond donors (Lipinski definition) is 1. The number of fused-ring (bicyclic) bond motifs is 2. The Kier molecular flexibility index (Phi) is 10.5. The highest BCUT2D eigenvalue weighted by atomic mass is 32.2. The summed E-state index contributed by atoms with van der Waals surface area (Å²) in [4.78, 5) is 17.6. The van der Waals surface area contributed by atoms with E-state index in [-0.39, 0.29) is 12.2 Å². The monoisotopic (exact) mass is 476 g/mol. The van der Waals surface area contributed by atoms with E-state index in [1.807, 2.05) is 48.7 Å². The molecule has 0 amide bonds. The Balaban J connectivity index is 0.00000114. The molecule has 0 saturated carbocycles. The molecule has 8 heteroatoms. The van der Waals surface area contributed by atoms with E-state index < -0.39 is 10.0 Å². The number of hydrogen-bond acceptors (Lipinski definition) is 6. The molecule has 0 fully saturated rings. The number of benzene rings is 2. The van der Waals surface area contributed by atoms with Crippen molar-refractivity contribution < 1.29 is 18.0 Å². The number of anilines is 1. The van der Waals surface area contributed by atoms with Gasteiger partial charge in [-0.2, -0.15) is 9.59 Å². The van der Waals surface area contributed by atoms with Crippen LogP contribution in [0.1, 0.15) is 62.6 Å². The van der Waals surface area contributed by atoms with E-state index in [4.69, 9.17) is 9.59 Å². The first kappa shape index (κ1) is 26.1. The van der Waals surface area contributed by atoms with Gasteiger partial charge in [0.25, 0.3) is 10.0 Å². The summed E-state index contributed by atoms with van der Waals surface area (Å²) < 4.78 is 28.2. The van der Waals surface area contributed by atoms with Gasteiger partial charge in [0.05, 0.1) is 16.6 Å². The molecule has 3 rings (SSSR count). The molecule has 0 bridgehead atoms. The molecular formula is C24H32N2O4S2. The van der Waals surface area contributed by atoms with Gasteiger partial charge in [-0.05, 0) is 48.5 Å². The summed E-state index contributed by atoms with van der Waals surface area (Å²) in [5.74, 6) is 0. The van der Waals surface area contributed by atoms with Gasteiger partial charge in [-0.3, -0.25) is 4.31 Å². The number of sulfonamides is 1. The Morgan fingerprint density at radius 1 is 1.00 bits per heavy atom. The fraction of sp³-hybridized carbons (Fsp3) is 0.458. The molecule has 0 radical (unpaired) electrons. The number of nitrogens with one attached hydrogen (secondary N) is 1. The molecule has 32 heavy (non-hydrogen) atoms. The highest BCUT2D eigenvalue weighted by Crippen LogP contribution is 2.41. The van der Waals surface area contributed by atoms with Crippen LogP contribution in [-0.4, -0.2) is 34.4 Å². The minimum absolute atomic E-state index is 0.132. The predicted molar refractivity (Wildman–Crippen MR) is 128 cm³/mol. The second kappa shape index (κ2) is 12.8. The fourth-order valence-corrected chi connectivity index (χ4v) is 5.93. The zero-order valence-electron chi connectivity index (χ0n) is 19.0. The molecule has 1 N–H and O–H groups in total. The Hall–Kier alpha value is -2.12. The van der Waals surface area contributed by atoms with Crippen molar-refractivity contribution in [2.45, 2.75) is 61.3 Å². The van der Waals surface area contributed by atoms with Crippen LogP contribution in [0.15, 0.2) is 52.3 Å². The van der Waals surface area contributed by atoms with Crippen molar-refractivity contribution in [3.8, 4) is 0 Å². The summed E-state index contributed by atoms with van der Waals surface area (Å²) in [5, 5.41) is 3.66. The fourth-order valence-electron chi connectivity index (χ4n) is 3.94. The van der Waals surface area contributed by atoms with E-state index in [0.29, 0.717) is 4.90 Å². The average molecular weight is 477 g/mol. The van der Waals surface area contributed by atoms with E-state index in [2.05, 4.69) is 12.2 Å². The molecule has 1 unspecified atom stereocenters. The summed E-state index contributed by atoms with van der Waals surface area (Å²) in [7, 11) is -1.95. The third kappa shape index (κ3) is 6.23. The van der Waals surface area contributed by atoms with Gasteiger partial charge in [0.2, 0.25) is 0 Å². The minimum atomic E-state index is -3.60. The SMILES string of the molecule is CCCCCCCCNC1c2ccccc2N(C)S(=O)(=O)c2cc(SC)ccc21.O=C=O. The van der Waals surface area contributed by atoms with Crippen molar-refractivity contribution in [2.24, 2.45) is 0 Å². The molecule has 1 heterocycles. The van der Waals surface area contributed by atoms with E-state index in [0.717, 1.165) is 34.7 Å². The van der Waals surface area contributed by atoms with Crippen LogP contribution in [-0.2, 0) is 19.6 Å². The minimum Gasteiger partial charge on any atom is -0.306 e. The Morgan fingerprint density at radius 3 is 2.34 bits per heavy atom. The number of rotatable bonds is 9. The molecule has 0 spiro atoms. The molecule has 2 aromatic rings. The van der Waals surface area contributed by atoms with Gasteiger partial charge in [0.15, 0.2) is 0 Å². The molecule has 2 aromatic carbocycles. The quantitative estimate of drug-likeness (QED) is 0.405. The van der Waals surface area contributed by atoms with Crippen LogP contribution in [0.3, 0.4) is 0 Å². The summed E-state index contributed by atoms with van der Waals surface area (Å²) in [5.41, 5.74) is 2.60. The third-order valence-electron chi connectivity index (χ3n) is 5.64. The standard InChI is InChI=1S/C23H32N2O2S2.CO2/c1-4-5-6-7-8-11-16-24-23-19-12-9-10-13-21(19)25(2)29(26,27)22-17-18(28-3)14-15-20(22)23;2-1-3/h9-10,12-15,17,23-24H,4-8,11,16H2,1-3H3;. The van der Waals surface area contributed by atoms with Crippen molar-refractivity contribution in [3.05, 3.63) is 53.6 Å². The Bertz CT molecular complexity index is 1020. The molecule has 0 saturated heterocycles. The summed E-state index contributed by atoms with van der Waals surface area (Å²) in [6, 6.07) is 13.5. The number of thioether (sulfide) groups is 1. The highest BCUT2D eigenvalue weighted by molar-refractivity contribution is 7.98. The molecule has 1 aliphatic heterocycles. The first-order chi connectivity index (χ1) is 15.4. The van der Waals surface area contributed by atoms with Gasteiger partial charge < -0.3 is 5.32 Å². The maximum Gasteiger partial charge on any atom is 0.373 e. The van der Waals surface area contributed by atoms with Crippen molar-refractivity contribution in [2.75, 3.05) is 24.2 Å². The summed E-state index contributed by atoms with van der Waals surface area (Å²) >= 11 is 1.56. The molecule has 0 aliphatic carbocycles. The third-order valence-corrected chi connectivity index (χ3v) is 8.19. The molecule has 0 aromatic heterocycles. The molecule has 174 valence electrons. The van der Waals surface area contributed by atoms with Crippen LogP contribution in [0, 0.1) is 0 Å². The first-order valence-corrected chi connectivity index (χ1v) is 13.6. The molecule has 6 nitrogen and oxygen atoms in total. The number of para-hydroxylation sites is 1. The van der Waals surface area contributed by atoms with Gasteiger partial charge >= 0.3 is 6.15 Å². The molecule has 1 aliphatic rings. The molecular weight excluding hydrogens is 444 g/mol. The number of nitrogens with zero attached hydrogens (tertiary/aromatic N) is 1. The van der Waals surface area contributed by atoms with Crippen molar-refractivity contribution in [3.63, 3.8) is 0 Å². The summed E-state index contributed by atoms with van der Waals surface area (Å²) in [6.07, 6.45) is 9.65. The highest BCUT2D eigenvalue weighted by Gasteiger charge is 2.34. The van der Waals surface area contributed by atoms with Crippen molar-refractivity contribution in [1.29, 1.82) is 0 Å². The average Bonchev–Trinajstić information content (AvgIpc) is 2.86. The normalized spacial score (nSPS) is 16.1. The van der Waals surface area contributed by atoms with Crippen LogP contribution in [0.25, 0.3) is 0 Å². The zero-order chi connectivity index (χ0) is 23.6. The van der Waals surface area contributed by atoms with Crippen molar-refractivity contribution in [1.82, 2.24) is 5.32 Å². The zero-order valence-corrected chi connectivity index (χ0v) is 20.6. The van der Waals surface area contributed by atoms with E-state index in [1.54, 1.807) is 18.8 Å². The van der Waals surface area contributed by atoms with Crippen LogP contribution in [0.2, 0.25) is 0 Å².